The second-order valence-corrected chi connectivity index (χ2v) is 5.95. The van der Waals surface area contributed by atoms with Crippen LogP contribution in [0.25, 0.3) is 0 Å². The zero-order chi connectivity index (χ0) is 11.5. The van der Waals surface area contributed by atoms with Crippen LogP contribution in [0.15, 0.2) is 4.42 Å². The summed E-state index contributed by atoms with van der Waals surface area (Å²) in [5, 5.41) is 8.43. The van der Waals surface area contributed by atoms with Crippen LogP contribution >= 0.6 is 23.4 Å². The summed E-state index contributed by atoms with van der Waals surface area (Å²) in [5.74, 6) is 1.62. The summed E-state index contributed by atoms with van der Waals surface area (Å²) in [5.41, 5.74) is 0. The number of halogens is 1. The minimum Gasteiger partial charge on any atom is -0.406 e. The van der Waals surface area contributed by atoms with Gasteiger partial charge in [-0.15, -0.1) is 16.7 Å². The normalized spacial score (nSPS) is 23.4. The number of hydrogen-bond acceptors (Lipinski definition) is 5. The molecule has 1 aromatic rings. The van der Waals surface area contributed by atoms with Crippen LogP contribution in [0.1, 0.15) is 31.5 Å². The van der Waals surface area contributed by atoms with Gasteiger partial charge in [-0.3, -0.25) is 0 Å². The third-order valence-corrected chi connectivity index (χ3v) is 4.19. The van der Waals surface area contributed by atoms with Gasteiger partial charge in [-0.25, -0.2) is 0 Å². The summed E-state index contributed by atoms with van der Waals surface area (Å²) in [6.45, 7) is 6.00. The molecule has 0 aromatic carbocycles. The van der Waals surface area contributed by atoms with Crippen molar-refractivity contribution in [3.63, 3.8) is 0 Å². The second-order valence-electron chi connectivity index (χ2n) is 3.89. The zero-order valence-corrected chi connectivity index (χ0v) is 11.1. The van der Waals surface area contributed by atoms with E-state index in [-0.39, 0.29) is 5.38 Å². The molecule has 1 fully saturated rings. The summed E-state index contributed by atoms with van der Waals surface area (Å²) in [7, 11) is 0. The highest BCUT2D eigenvalue weighted by Gasteiger charge is 2.23. The van der Waals surface area contributed by atoms with Gasteiger partial charge in [0.05, 0.1) is 0 Å². The number of hydrogen-bond donors (Lipinski definition) is 0. The van der Waals surface area contributed by atoms with Crippen molar-refractivity contribution < 1.29 is 4.42 Å². The van der Waals surface area contributed by atoms with Crippen molar-refractivity contribution in [1.82, 2.24) is 10.2 Å². The molecule has 1 saturated heterocycles. The van der Waals surface area contributed by atoms with E-state index in [0.717, 1.165) is 18.8 Å². The summed E-state index contributed by atoms with van der Waals surface area (Å²) < 4.78 is 5.54. The van der Waals surface area contributed by atoms with Crippen molar-refractivity contribution in [3.05, 3.63) is 5.89 Å². The van der Waals surface area contributed by atoms with E-state index in [1.165, 1.54) is 6.42 Å². The lowest BCUT2D eigenvalue weighted by atomic mass is 10.3. The van der Waals surface area contributed by atoms with Gasteiger partial charge in [0.15, 0.2) is 0 Å². The van der Waals surface area contributed by atoms with Gasteiger partial charge in [0.1, 0.15) is 5.38 Å². The van der Waals surface area contributed by atoms with E-state index in [9.17, 15) is 0 Å². The highest BCUT2D eigenvalue weighted by atomic mass is 35.5. The molecule has 0 aliphatic carbocycles. The van der Waals surface area contributed by atoms with Crippen molar-refractivity contribution in [2.75, 3.05) is 23.7 Å². The van der Waals surface area contributed by atoms with Gasteiger partial charge in [-0.05, 0) is 13.3 Å². The number of alkyl halides is 1. The summed E-state index contributed by atoms with van der Waals surface area (Å²) >= 11 is 7.91. The van der Waals surface area contributed by atoms with Crippen LogP contribution in [0, 0.1) is 0 Å². The monoisotopic (exact) mass is 261 g/mol. The molecule has 1 aliphatic heterocycles. The van der Waals surface area contributed by atoms with Gasteiger partial charge >= 0.3 is 6.01 Å². The Morgan fingerprint density at radius 3 is 3.06 bits per heavy atom. The van der Waals surface area contributed by atoms with Crippen LogP contribution in [0.4, 0.5) is 6.01 Å². The molecular formula is C10H16ClN3OS. The Kier molecular flexibility index (Phi) is 3.97. The predicted molar refractivity (Wildman–Crippen MR) is 67.3 cm³/mol. The van der Waals surface area contributed by atoms with Crippen LogP contribution in [0.2, 0.25) is 0 Å². The van der Waals surface area contributed by atoms with E-state index in [1.54, 1.807) is 0 Å². The Balaban J connectivity index is 2.05. The highest BCUT2D eigenvalue weighted by molar-refractivity contribution is 8.00. The van der Waals surface area contributed by atoms with Crippen LogP contribution in [-0.2, 0) is 0 Å². The van der Waals surface area contributed by atoms with Gasteiger partial charge in [-0.1, -0.05) is 12.0 Å². The van der Waals surface area contributed by atoms with E-state index >= 15 is 0 Å². The number of anilines is 1. The number of thioether (sulfide) groups is 1. The fourth-order valence-electron chi connectivity index (χ4n) is 1.66. The van der Waals surface area contributed by atoms with Crippen LogP contribution in [0.5, 0.6) is 0 Å². The summed E-state index contributed by atoms with van der Waals surface area (Å²) in [6, 6.07) is 0.612. The molecular weight excluding hydrogens is 246 g/mol. The molecule has 4 nitrogen and oxygen atoms in total. The molecule has 0 amide bonds. The quantitative estimate of drug-likeness (QED) is 0.783. The lowest BCUT2D eigenvalue weighted by molar-refractivity contribution is 0.482. The molecule has 0 spiro atoms. The first kappa shape index (κ1) is 12.0. The smallest absolute Gasteiger partial charge is 0.318 e. The molecule has 90 valence electrons. The molecule has 2 heterocycles. The lowest BCUT2D eigenvalue weighted by Gasteiger charge is -2.30. The lowest BCUT2D eigenvalue weighted by Crippen LogP contribution is -2.37. The Bertz CT molecular complexity index is 345. The van der Waals surface area contributed by atoms with Crippen LogP contribution in [-0.4, -0.2) is 34.3 Å². The standard InChI is InChI=1S/C10H16ClN3OS/c1-3-8-6-14(4-5-16-8)10-13-12-9(15-10)7(2)11/h7-8H,3-6H2,1-2H3. The third kappa shape index (κ3) is 2.63. The first-order valence-electron chi connectivity index (χ1n) is 5.54. The number of nitrogens with zero attached hydrogens (tertiary/aromatic N) is 3. The average Bonchev–Trinajstić information content (AvgIpc) is 2.78. The molecule has 0 saturated carbocycles. The van der Waals surface area contributed by atoms with Crippen molar-refractivity contribution in [2.24, 2.45) is 0 Å². The van der Waals surface area contributed by atoms with E-state index in [2.05, 4.69) is 22.0 Å². The van der Waals surface area contributed by atoms with Gasteiger partial charge in [0.2, 0.25) is 5.89 Å². The zero-order valence-electron chi connectivity index (χ0n) is 9.52. The molecule has 2 atom stereocenters. The van der Waals surface area contributed by atoms with Gasteiger partial charge in [0, 0.05) is 24.1 Å². The molecule has 16 heavy (non-hydrogen) atoms. The maximum Gasteiger partial charge on any atom is 0.318 e. The van der Waals surface area contributed by atoms with E-state index in [4.69, 9.17) is 16.0 Å². The van der Waals surface area contributed by atoms with E-state index in [0.29, 0.717) is 17.2 Å². The minimum atomic E-state index is -0.220. The SMILES string of the molecule is CCC1CN(c2nnc(C(C)Cl)o2)CCS1. The predicted octanol–water partition coefficient (Wildman–Crippen LogP) is 2.70. The van der Waals surface area contributed by atoms with Gasteiger partial charge < -0.3 is 9.32 Å². The number of rotatable bonds is 3. The summed E-state index contributed by atoms with van der Waals surface area (Å²) in [4.78, 5) is 2.15. The fourth-order valence-corrected chi connectivity index (χ4v) is 2.92. The molecule has 0 N–H and O–H groups in total. The molecule has 0 bridgehead atoms. The first-order valence-corrected chi connectivity index (χ1v) is 7.03. The van der Waals surface area contributed by atoms with Crippen LogP contribution < -0.4 is 4.90 Å². The Morgan fingerprint density at radius 2 is 2.44 bits per heavy atom. The third-order valence-electron chi connectivity index (χ3n) is 2.63. The molecule has 0 radical (unpaired) electrons. The first-order chi connectivity index (χ1) is 7.70. The van der Waals surface area contributed by atoms with Crippen molar-refractivity contribution in [2.45, 2.75) is 30.9 Å². The fraction of sp³-hybridized carbons (Fsp3) is 0.800. The highest BCUT2D eigenvalue weighted by Crippen LogP contribution is 2.26. The van der Waals surface area contributed by atoms with Gasteiger partial charge in [-0.2, -0.15) is 11.8 Å². The average molecular weight is 262 g/mol. The largest absolute Gasteiger partial charge is 0.406 e. The summed E-state index contributed by atoms with van der Waals surface area (Å²) in [6.07, 6.45) is 1.17. The van der Waals surface area contributed by atoms with E-state index in [1.807, 2.05) is 18.7 Å². The molecule has 2 unspecified atom stereocenters. The van der Waals surface area contributed by atoms with Crippen LogP contribution in [0.3, 0.4) is 0 Å². The topological polar surface area (TPSA) is 42.2 Å². The molecule has 1 aromatic heterocycles. The van der Waals surface area contributed by atoms with Crippen molar-refractivity contribution >= 4 is 29.4 Å². The maximum absolute atomic E-state index is 5.89. The Morgan fingerprint density at radius 1 is 1.62 bits per heavy atom. The van der Waals surface area contributed by atoms with Gasteiger partial charge in [0.25, 0.3) is 0 Å². The van der Waals surface area contributed by atoms with Crippen molar-refractivity contribution in [1.29, 1.82) is 0 Å². The van der Waals surface area contributed by atoms with Crippen molar-refractivity contribution in [3.8, 4) is 0 Å². The molecule has 6 heteroatoms. The Hall–Kier alpha value is -0.420. The Labute approximate surface area is 105 Å². The second kappa shape index (κ2) is 5.27. The maximum atomic E-state index is 5.89. The number of aromatic nitrogens is 2. The molecule has 2 rings (SSSR count). The minimum absolute atomic E-state index is 0.220. The van der Waals surface area contributed by atoms with E-state index < -0.39 is 0 Å². The molecule has 1 aliphatic rings.